The second-order valence-electron chi connectivity index (χ2n) is 5.27. The van der Waals surface area contributed by atoms with Crippen molar-refractivity contribution in [3.63, 3.8) is 0 Å². The van der Waals surface area contributed by atoms with E-state index in [-0.39, 0.29) is 12.0 Å². The monoisotopic (exact) mass is 277 g/mol. The Kier molecular flexibility index (Phi) is 5.41. The minimum atomic E-state index is 0.135. The molecule has 0 aliphatic carbocycles. The maximum absolute atomic E-state index is 10.7. The normalized spacial score (nSPS) is 20.2. The summed E-state index contributed by atoms with van der Waals surface area (Å²) in [7, 11) is 1.65. The van der Waals surface area contributed by atoms with Crippen molar-refractivity contribution < 1.29 is 14.3 Å². The molecule has 1 aromatic carbocycles. The maximum atomic E-state index is 10.7. The molecule has 20 heavy (non-hydrogen) atoms. The molecule has 0 amide bonds. The van der Waals surface area contributed by atoms with Gasteiger partial charge >= 0.3 is 0 Å². The highest BCUT2D eigenvalue weighted by atomic mass is 16.5. The molecule has 1 saturated heterocycles. The molecule has 0 radical (unpaired) electrons. The number of benzene rings is 1. The van der Waals surface area contributed by atoms with Crippen molar-refractivity contribution in [3.05, 3.63) is 23.8 Å². The van der Waals surface area contributed by atoms with Crippen molar-refractivity contribution in [1.82, 2.24) is 5.32 Å². The van der Waals surface area contributed by atoms with E-state index in [2.05, 4.69) is 5.32 Å². The van der Waals surface area contributed by atoms with Gasteiger partial charge in [0.1, 0.15) is 12.4 Å². The minimum Gasteiger partial charge on any atom is -0.493 e. The first-order valence-electron chi connectivity index (χ1n) is 7.24. The quantitative estimate of drug-likeness (QED) is 0.812. The highest BCUT2D eigenvalue weighted by molar-refractivity contribution is 5.55. The summed E-state index contributed by atoms with van der Waals surface area (Å²) in [6.07, 6.45) is 3.82. The number of carbonyl (C=O) groups is 1. The fraction of sp³-hybridized carbons (Fsp3) is 0.562. The molecule has 4 nitrogen and oxygen atoms in total. The fourth-order valence-electron chi connectivity index (χ4n) is 2.60. The van der Waals surface area contributed by atoms with E-state index in [1.54, 1.807) is 7.11 Å². The second kappa shape index (κ2) is 7.29. The van der Waals surface area contributed by atoms with Crippen LogP contribution in [0.4, 0.5) is 0 Å². The zero-order chi connectivity index (χ0) is 14.4. The summed E-state index contributed by atoms with van der Waals surface area (Å²) < 4.78 is 11.6. The number of methoxy groups -OCH3 is 1. The van der Waals surface area contributed by atoms with Crippen LogP contribution in [0.5, 0.6) is 11.5 Å². The van der Waals surface area contributed by atoms with Gasteiger partial charge in [-0.15, -0.1) is 0 Å². The summed E-state index contributed by atoms with van der Waals surface area (Å²) in [6, 6.07) is 5.90. The summed E-state index contributed by atoms with van der Waals surface area (Å²) in [5.74, 6) is 1.67. The summed E-state index contributed by atoms with van der Waals surface area (Å²) in [6.45, 7) is 3.96. The standard InChI is InChI=1S/C16H23NO3/c1-12(8-10-18)14-6-3-7-15(16(14)19-2)20-13-5-4-9-17-11-13/h3,6-7,10,12-13,17H,4-5,8-9,11H2,1-2H3. The van der Waals surface area contributed by atoms with E-state index in [4.69, 9.17) is 9.47 Å². The molecule has 0 bridgehead atoms. The summed E-state index contributed by atoms with van der Waals surface area (Å²) >= 11 is 0. The van der Waals surface area contributed by atoms with E-state index >= 15 is 0 Å². The van der Waals surface area contributed by atoms with E-state index in [0.717, 1.165) is 49.3 Å². The Labute approximate surface area is 120 Å². The molecule has 1 aliphatic rings. The topological polar surface area (TPSA) is 47.6 Å². The van der Waals surface area contributed by atoms with Gasteiger partial charge in [0.05, 0.1) is 7.11 Å². The van der Waals surface area contributed by atoms with Crippen LogP contribution in [-0.2, 0) is 4.79 Å². The van der Waals surface area contributed by atoms with Crippen LogP contribution in [0.1, 0.15) is 37.7 Å². The molecule has 0 saturated carbocycles. The highest BCUT2D eigenvalue weighted by Crippen LogP contribution is 2.37. The van der Waals surface area contributed by atoms with Crippen LogP contribution >= 0.6 is 0 Å². The number of carbonyl (C=O) groups excluding carboxylic acids is 1. The Morgan fingerprint density at radius 1 is 1.50 bits per heavy atom. The van der Waals surface area contributed by atoms with Crippen LogP contribution in [-0.4, -0.2) is 32.6 Å². The predicted octanol–water partition coefficient (Wildman–Crippen LogP) is 2.52. The largest absolute Gasteiger partial charge is 0.493 e. The number of para-hydroxylation sites is 1. The molecule has 0 aromatic heterocycles. The van der Waals surface area contributed by atoms with Crippen molar-refractivity contribution in [2.75, 3.05) is 20.2 Å². The van der Waals surface area contributed by atoms with Crippen LogP contribution in [0.25, 0.3) is 0 Å². The van der Waals surface area contributed by atoms with Crippen molar-refractivity contribution in [3.8, 4) is 11.5 Å². The van der Waals surface area contributed by atoms with Gasteiger partial charge in [0.15, 0.2) is 11.5 Å². The third-order valence-corrected chi connectivity index (χ3v) is 3.74. The molecular weight excluding hydrogens is 254 g/mol. The average Bonchev–Trinajstić information content (AvgIpc) is 2.48. The molecule has 1 aromatic rings. The molecule has 2 atom stereocenters. The first-order valence-corrected chi connectivity index (χ1v) is 7.24. The van der Waals surface area contributed by atoms with Crippen LogP contribution in [0.2, 0.25) is 0 Å². The van der Waals surface area contributed by atoms with Gasteiger partial charge in [-0.05, 0) is 31.4 Å². The lowest BCUT2D eigenvalue weighted by Gasteiger charge is -2.26. The third kappa shape index (κ3) is 3.51. The van der Waals surface area contributed by atoms with Crippen LogP contribution in [0.3, 0.4) is 0 Å². The van der Waals surface area contributed by atoms with Gasteiger partial charge < -0.3 is 19.6 Å². The lowest BCUT2D eigenvalue weighted by molar-refractivity contribution is -0.108. The predicted molar refractivity (Wildman–Crippen MR) is 78.6 cm³/mol. The molecule has 2 unspecified atom stereocenters. The maximum Gasteiger partial charge on any atom is 0.164 e. The van der Waals surface area contributed by atoms with Crippen molar-refractivity contribution in [2.24, 2.45) is 0 Å². The van der Waals surface area contributed by atoms with Crippen molar-refractivity contribution in [2.45, 2.75) is 38.2 Å². The summed E-state index contributed by atoms with van der Waals surface area (Å²) in [5.41, 5.74) is 1.03. The Hall–Kier alpha value is -1.55. The second-order valence-corrected chi connectivity index (χ2v) is 5.27. The Balaban J connectivity index is 2.19. The highest BCUT2D eigenvalue weighted by Gasteiger charge is 2.20. The molecule has 1 heterocycles. The minimum absolute atomic E-state index is 0.135. The van der Waals surface area contributed by atoms with Gasteiger partial charge in [0.25, 0.3) is 0 Å². The van der Waals surface area contributed by atoms with Crippen LogP contribution in [0.15, 0.2) is 18.2 Å². The van der Waals surface area contributed by atoms with Crippen molar-refractivity contribution >= 4 is 6.29 Å². The van der Waals surface area contributed by atoms with E-state index in [0.29, 0.717) is 6.42 Å². The van der Waals surface area contributed by atoms with Gasteiger partial charge in [-0.1, -0.05) is 19.1 Å². The van der Waals surface area contributed by atoms with Gasteiger partial charge in [0.2, 0.25) is 0 Å². The number of nitrogens with one attached hydrogen (secondary N) is 1. The molecule has 1 aliphatic heterocycles. The van der Waals surface area contributed by atoms with Gasteiger partial charge in [-0.2, -0.15) is 0 Å². The van der Waals surface area contributed by atoms with E-state index in [1.807, 2.05) is 25.1 Å². The SMILES string of the molecule is COc1c(OC2CCCNC2)cccc1C(C)CC=O. The lowest BCUT2D eigenvalue weighted by Crippen LogP contribution is -2.37. The number of aldehydes is 1. The van der Waals surface area contributed by atoms with E-state index in [1.165, 1.54) is 0 Å². The molecule has 1 fully saturated rings. The van der Waals surface area contributed by atoms with Crippen LogP contribution in [0, 0.1) is 0 Å². The van der Waals surface area contributed by atoms with E-state index < -0.39 is 0 Å². The average molecular weight is 277 g/mol. The summed E-state index contributed by atoms with van der Waals surface area (Å²) in [4.78, 5) is 10.7. The van der Waals surface area contributed by atoms with Gasteiger partial charge in [-0.3, -0.25) is 0 Å². The van der Waals surface area contributed by atoms with E-state index in [9.17, 15) is 4.79 Å². The molecule has 110 valence electrons. The van der Waals surface area contributed by atoms with Crippen LogP contribution < -0.4 is 14.8 Å². The Morgan fingerprint density at radius 3 is 3.00 bits per heavy atom. The molecule has 0 spiro atoms. The zero-order valence-corrected chi connectivity index (χ0v) is 12.2. The first kappa shape index (κ1) is 14.9. The molecule has 2 rings (SSSR count). The molecule has 1 N–H and O–H groups in total. The molecular formula is C16H23NO3. The Bertz CT molecular complexity index is 441. The number of rotatable bonds is 6. The number of piperidine rings is 1. The number of hydrogen-bond donors (Lipinski definition) is 1. The third-order valence-electron chi connectivity index (χ3n) is 3.74. The molecule has 4 heteroatoms. The summed E-state index contributed by atoms with van der Waals surface area (Å²) in [5, 5.41) is 3.34. The number of hydrogen-bond acceptors (Lipinski definition) is 4. The lowest BCUT2D eigenvalue weighted by atomic mass is 9.97. The number of ether oxygens (including phenoxy) is 2. The smallest absolute Gasteiger partial charge is 0.164 e. The van der Waals surface area contributed by atoms with Gasteiger partial charge in [-0.25, -0.2) is 0 Å². The zero-order valence-electron chi connectivity index (χ0n) is 12.2. The van der Waals surface area contributed by atoms with Gasteiger partial charge in [0, 0.05) is 18.5 Å². The first-order chi connectivity index (χ1) is 9.76. The van der Waals surface area contributed by atoms with Crippen molar-refractivity contribution in [1.29, 1.82) is 0 Å². The Morgan fingerprint density at radius 2 is 2.35 bits per heavy atom. The fourth-order valence-corrected chi connectivity index (χ4v) is 2.60.